The second-order valence-corrected chi connectivity index (χ2v) is 5.29. The van der Waals surface area contributed by atoms with Crippen molar-refractivity contribution in [2.45, 2.75) is 57.4 Å². The Bertz CT molecular complexity index is 246. The smallest absolute Gasteiger partial charge is 0.306 e. The molecule has 1 unspecified atom stereocenters. The molecule has 1 N–H and O–H groups in total. The summed E-state index contributed by atoms with van der Waals surface area (Å²) >= 11 is 0. The van der Waals surface area contributed by atoms with Gasteiger partial charge in [0.2, 0.25) is 0 Å². The lowest BCUT2D eigenvalue weighted by Gasteiger charge is -2.52. The highest BCUT2D eigenvalue weighted by atomic mass is 16.5. The molecule has 0 radical (unpaired) electrons. The molecule has 0 bridgehead atoms. The second kappa shape index (κ2) is 5.17. The number of hydrogen-bond acceptors (Lipinski definition) is 3. The molecule has 0 amide bonds. The highest BCUT2D eigenvalue weighted by Gasteiger charge is 2.46. The third-order valence-corrected chi connectivity index (χ3v) is 4.47. The van der Waals surface area contributed by atoms with Crippen molar-refractivity contribution in [3.05, 3.63) is 0 Å². The van der Waals surface area contributed by atoms with E-state index >= 15 is 0 Å². The maximum atomic E-state index is 11.0. The SMILES string of the molecule is COC(=O)CCNC1CCC12CCCCC2. The van der Waals surface area contributed by atoms with Crippen LogP contribution >= 0.6 is 0 Å². The van der Waals surface area contributed by atoms with Crippen LogP contribution in [0.4, 0.5) is 0 Å². The van der Waals surface area contributed by atoms with Crippen LogP contribution in [0.2, 0.25) is 0 Å². The molecule has 1 spiro atoms. The second-order valence-electron chi connectivity index (χ2n) is 5.29. The van der Waals surface area contributed by atoms with E-state index in [0.29, 0.717) is 17.9 Å². The molecule has 3 nitrogen and oxygen atoms in total. The van der Waals surface area contributed by atoms with Crippen LogP contribution in [0.5, 0.6) is 0 Å². The molecule has 2 fully saturated rings. The Labute approximate surface area is 97.9 Å². The maximum Gasteiger partial charge on any atom is 0.306 e. The number of hydrogen-bond donors (Lipinski definition) is 1. The number of carbonyl (C=O) groups excluding carboxylic acids is 1. The predicted octanol–water partition coefficient (Wildman–Crippen LogP) is 2.25. The van der Waals surface area contributed by atoms with Gasteiger partial charge in [0.1, 0.15) is 0 Å². The average Bonchev–Trinajstić information content (AvgIpc) is 2.34. The van der Waals surface area contributed by atoms with Gasteiger partial charge in [-0.3, -0.25) is 4.79 Å². The van der Waals surface area contributed by atoms with Crippen LogP contribution in [0.15, 0.2) is 0 Å². The molecule has 1 atom stereocenters. The average molecular weight is 225 g/mol. The van der Waals surface area contributed by atoms with Gasteiger partial charge in [0.25, 0.3) is 0 Å². The van der Waals surface area contributed by atoms with Crippen molar-refractivity contribution in [3.63, 3.8) is 0 Å². The summed E-state index contributed by atoms with van der Waals surface area (Å²) < 4.78 is 4.64. The van der Waals surface area contributed by atoms with Crippen LogP contribution in [0.3, 0.4) is 0 Å². The van der Waals surface area contributed by atoms with Crippen molar-refractivity contribution in [2.75, 3.05) is 13.7 Å². The number of carbonyl (C=O) groups is 1. The largest absolute Gasteiger partial charge is 0.469 e. The molecule has 16 heavy (non-hydrogen) atoms. The third kappa shape index (κ3) is 2.40. The number of methoxy groups -OCH3 is 1. The van der Waals surface area contributed by atoms with Crippen LogP contribution in [-0.4, -0.2) is 25.7 Å². The molecule has 0 aromatic heterocycles. The zero-order chi connectivity index (χ0) is 11.4. The first-order chi connectivity index (χ1) is 7.77. The zero-order valence-electron chi connectivity index (χ0n) is 10.3. The van der Waals surface area contributed by atoms with Crippen molar-refractivity contribution in [1.29, 1.82) is 0 Å². The molecule has 92 valence electrons. The molecule has 3 heteroatoms. The summed E-state index contributed by atoms with van der Waals surface area (Å²) in [7, 11) is 1.45. The summed E-state index contributed by atoms with van der Waals surface area (Å²) in [6, 6.07) is 0.664. The molecule has 0 aliphatic heterocycles. The Morgan fingerprint density at radius 2 is 2.06 bits per heavy atom. The summed E-state index contributed by atoms with van der Waals surface area (Å²) in [5.74, 6) is -0.107. The van der Waals surface area contributed by atoms with E-state index in [1.54, 1.807) is 0 Å². The molecule has 2 saturated carbocycles. The minimum absolute atomic E-state index is 0.107. The topological polar surface area (TPSA) is 38.3 Å². The van der Waals surface area contributed by atoms with E-state index in [-0.39, 0.29) is 5.97 Å². The fourth-order valence-corrected chi connectivity index (χ4v) is 3.32. The van der Waals surface area contributed by atoms with Gasteiger partial charge in [0.15, 0.2) is 0 Å². The van der Waals surface area contributed by atoms with Crippen molar-refractivity contribution in [1.82, 2.24) is 5.32 Å². The van der Waals surface area contributed by atoms with Gasteiger partial charge in [-0.25, -0.2) is 0 Å². The minimum atomic E-state index is -0.107. The van der Waals surface area contributed by atoms with Gasteiger partial charge in [0, 0.05) is 12.6 Å². The Kier molecular flexibility index (Phi) is 3.85. The Hall–Kier alpha value is -0.570. The van der Waals surface area contributed by atoms with Gasteiger partial charge in [-0.05, 0) is 31.1 Å². The Morgan fingerprint density at radius 1 is 1.31 bits per heavy atom. The molecule has 2 aliphatic carbocycles. The van der Waals surface area contributed by atoms with Crippen LogP contribution in [-0.2, 0) is 9.53 Å². The summed E-state index contributed by atoms with van der Waals surface area (Å²) in [5.41, 5.74) is 0.592. The van der Waals surface area contributed by atoms with Crippen molar-refractivity contribution in [2.24, 2.45) is 5.41 Å². The number of rotatable bonds is 4. The fourth-order valence-electron chi connectivity index (χ4n) is 3.32. The Balaban J connectivity index is 1.71. The van der Waals surface area contributed by atoms with E-state index in [2.05, 4.69) is 10.1 Å². The predicted molar refractivity (Wildman–Crippen MR) is 63.2 cm³/mol. The summed E-state index contributed by atoms with van der Waals surface area (Å²) in [4.78, 5) is 11.0. The van der Waals surface area contributed by atoms with Crippen LogP contribution in [0.1, 0.15) is 51.4 Å². The van der Waals surface area contributed by atoms with Crippen LogP contribution in [0.25, 0.3) is 0 Å². The monoisotopic (exact) mass is 225 g/mol. The van der Waals surface area contributed by atoms with E-state index < -0.39 is 0 Å². The van der Waals surface area contributed by atoms with E-state index in [1.807, 2.05) is 0 Å². The van der Waals surface area contributed by atoms with Gasteiger partial charge in [0.05, 0.1) is 13.5 Å². The maximum absolute atomic E-state index is 11.0. The number of nitrogens with one attached hydrogen (secondary N) is 1. The summed E-state index contributed by atoms with van der Waals surface area (Å²) in [6.45, 7) is 0.777. The highest BCUT2D eigenvalue weighted by molar-refractivity contribution is 5.69. The first kappa shape index (κ1) is 11.9. The minimum Gasteiger partial charge on any atom is -0.469 e. The first-order valence-electron chi connectivity index (χ1n) is 6.57. The van der Waals surface area contributed by atoms with Crippen LogP contribution < -0.4 is 5.32 Å². The lowest BCUT2D eigenvalue weighted by molar-refractivity contribution is -0.140. The summed E-state index contributed by atoms with van der Waals surface area (Å²) in [5, 5.41) is 3.54. The third-order valence-electron chi connectivity index (χ3n) is 4.47. The van der Waals surface area contributed by atoms with Gasteiger partial charge in [-0.2, -0.15) is 0 Å². The van der Waals surface area contributed by atoms with Gasteiger partial charge in [-0.15, -0.1) is 0 Å². The van der Waals surface area contributed by atoms with Gasteiger partial charge >= 0.3 is 5.97 Å². The molecule has 0 heterocycles. The highest BCUT2D eigenvalue weighted by Crippen LogP contribution is 2.51. The van der Waals surface area contributed by atoms with E-state index in [1.165, 1.54) is 52.1 Å². The molecule has 2 aliphatic rings. The lowest BCUT2D eigenvalue weighted by Crippen LogP contribution is -2.54. The molecule has 0 aromatic carbocycles. The Morgan fingerprint density at radius 3 is 2.62 bits per heavy atom. The number of esters is 1. The van der Waals surface area contributed by atoms with E-state index in [0.717, 1.165) is 6.54 Å². The standard InChI is InChI=1S/C13H23NO2/c1-16-12(15)6-10-14-11-5-9-13(11)7-3-2-4-8-13/h11,14H,2-10H2,1H3. The molecule has 0 aromatic rings. The fraction of sp³-hybridized carbons (Fsp3) is 0.923. The number of ether oxygens (including phenoxy) is 1. The van der Waals surface area contributed by atoms with Gasteiger partial charge < -0.3 is 10.1 Å². The van der Waals surface area contributed by atoms with Gasteiger partial charge in [-0.1, -0.05) is 19.3 Å². The molecular weight excluding hydrogens is 202 g/mol. The molecule has 0 saturated heterocycles. The normalized spacial score (nSPS) is 27.4. The summed E-state index contributed by atoms with van der Waals surface area (Å²) in [6.07, 6.45) is 10.2. The zero-order valence-corrected chi connectivity index (χ0v) is 10.3. The first-order valence-corrected chi connectivity index (χ1v) is 6.57. The van der Waals surface area contributed by atoms with E-state index in [4.69, 9.17) is 0 Å². The lowest BCUT2D eigenvalue weighted by atomic mass is 9.57. The molecule has 2 rings (SSSR count). The molecular formula is C13H23NO2. The van der Waals surface area contributed by atoms with E-state index in [9.17, 15) is 4.79 Å². The van der Waals surface area contributed by atoms with Crippen molar-refractivity contribution in [3.8, 4) is 0 Å². The van der Waals surface area contributed by atoms with Crippen molar-refractivity contribution >= 4 is 5.97 Å². The van der Waals surface area contributed by atoms with Crippen molar-refractivity contribution < 1.29 is 9.53 Å². The quantitative estimate of drug-likeness (QED) is 0.746. The van der Waals surface area contributed by atoms with Crippen LogP contribution in [0, 0.1) is 5.41 Å².